The SMILES string of the molecule is C=CC(=O)Nc1cccc(Oc2cnc3[nH]cc(-c4ccc5cn[nH]c5c4)c3n2)c1. The lowest BCUT2D eigenvalue weighted by atomic mass is 10.1. The van der Waals surface area contributed by atoms with Crippen molar-refractivity contribution in [3.63, 3.8) is 0 Å². The number of carbonyl (C=O) groups is 1. The number of hydrogen-bond acceptors (Lipinski definition) is 5. The van der Waals surface area contributed by atoms with Crippen LogP contribution >= 0.6 is 0 Å². The Kier molecular flexibility index (Phi) is 4.21. The van der Waals surface area contributed by atoms with Crippen LogP contribution in [0.5, 0.6) is 11.6 Å². The van der Waals surface area contributed by atoms with E-state index in [2.05, 4.69) is 37.0 Å². The summed E-state index contributed by atoms with van der Waals surface area (Å²) in [6.45, 7) is 3.45. The molecule has 1 amide bonds. The highest BCUT2D eigenvalue weighted by Gasteiger charge is 2.12. The molecule has 0 unspecified atom stereocenters. The molecule has 5 aromatic rings. The fourth-order valence-electron chi connectivity index (χ4n) is 3.20. The molecule has 0 atom stereocenters. The normalized spacial score (nSPS) is 10.9. The van der Waals surface area contributed by atoms with Crippen molar-refractivity contribution in [3.05, 3.63) is 73.7 Å². The Morgan fingerprint density at radius 1 is 1.17 bits per heavy atom. The average Bonchev–Trinajstić information content (AvgIpc) is 3.40. The van der Waals surface area contributed by atoms with E-state index in [1.807, 2.05) is 24.4 Å². The third kappa shape index (κ3) is 3.26. The first-order valence-electron chi connectivity index (χ1n) is 9.18. The molecule has 0 bridgehead atoms. The summed E-state index contributed by atoms with van der Waals surface area (Å²) >= 11 is 0. The molecule has 30 heavy (non-hydrogen) atoms. The van der Waals surface area contributed by atoms with Gasteiger partial charge in [-0.3, -0.25) is 9.89 Å². The van der Waals surface area contributed by atoms with Crippen LogP contribution in [0.4, 0.5) is 5.69 Å². The molecule has 0 aliphatic heterocycles. The number of benzene rings is 2. The lowest BCUT2D eigenvalue weighted by Gasteiger charge is -2.07. The first kappa shape index (κ1) is 17.6. The Bertz CT molecular complexity index is 1400. The number of rotatable bonds is 5. The van der Waals surface area contributed by atoms with Crippen LogP contribution in [0.3, 0.4) is 0 Å². The summed E-state index contributed by atoms with van der Waals surface area (Å²) in [6, 6.07) is 13.1. The molecule has 8 heteroatoms. The van der Waals surface area contributed by atoms with Gasteiger partial charge in [0, 0.05) is 28.9 Å². The van der Waals surface area contributed by atoms with E-state index in [0.717, 1.165) is 22.0 Å². The van der Waals surface area contributed by atoms with Crippen LogP contribution in [0.2, 0.25) is 0 Å². The van der Waals surface area contributed by atoms with E-state index in [0.29, 0.717) is 28.5 Å². The monoisotopic (exact) mass is 396 g/mol. The smallest absolute Gasteiger partial charge is 0.247 e. The molecule has 0 saturated carbocycles. The molecule has 0 aliphatic carbocycles. The fraction of sp³-hybridized carbons (Fsp3) is 0. The summed E-state index contributed by atoms with van der Waals surface area (Å²) in [5.41, 5.74) is 4.80. The molecule has 5 rings (SSSR count). The molecule has 146 valence electrons. The van der Waals surface area contributed by atoms with Gasteiger partial charge in [0.25, 0.3) is 0 Å². The van der Waals surface area contributed by atoms with Crippen molar-refractivity contribution in [2.24, 2.45) is 0 Å². The van der Waals surface area contributed by atoms with Gasteiger partial charge in [-0.05, 0) is 29.8 Å². The first-order chi connectivity index (χ1) is 14.7. The third-order valence-electron chi connectivity index (χ3n) is 4.62. The minimum absolute atomic E-state index is 0.292. The van der Waals surface area contributed by atoms with Crippen LogP contribution in [0.15, 0.2) is 73.7 Å². The number of aromatic nitrogens is 5. The highest BCUT2D eigenvalue weighted by Crippen LogP contribution is 2.30. The summed E-state index contributed by atoms with van der Waals surface area (Å²) in [6.07, 6.45) is 6.42. The summed E-state index contributed by atoms with van der Waals surface area (Å²) in [4.78, 5) is 23.7. The van der Waals surface area contributed by atoms with Gasteiger partial charge in [0.2, 0.25) is 11.8 Å². The van der Waals surface area contributed by atoms with Crippen molar-refractivity contribution in [1.29, 1.82) is 0 Å². The molecule has 3 N–H and O–H groups in total. The lowest BCUT2D eigenvalue weighted by molar-refractivity contribution is -0.111. The second-order valence-electron chi connectivity index (χ2n) is 6.60. The number of fused-ring (bicyclic) bond motifs is 2. The van der Waals surface area contributed by atoms with Crippen LogP contribution in [-0.2, 0) is 4.79 Å². The molecule has 0 saturated heterocycles. The summed E-state index contributed by atoms with van der Waals surface area (Å²) in [7, 11) is 0. The van der Waals surface area contributed by atoms with Crippen molar-refractivity contribution < 1.29 is 9.53 Å². The maximum absolute atomic E-state index is 11.5. The van der Waals surface area contributed by atoms with Gasteiger partial charge in [-0.2, -0.15) is 5.10 Å². The van der Waals surface area contributed by atoms with Crippen LogP contribution < -0.4 is 10.1 Å². The van der Waals surface area contributed by atoms with Crippen LogP contribution in [0, 0.1) is 0 Å². The first-order valence-corrected chi connectivity index (χ1v) is 9.18. The molecule has 3 heterocycles. The number of carbonyl (C=O) groups excluding carboxylic acids is 1. The second kappa shape index (κ2) is 7.17. The van der Waals surface area contributed by atoms with E-state index < -0.39 is 0 Å². The van der Waals surface area contributed by atoms with Crippen molar-refractivity contribution in [2.45, 2.75) is 0 Å². The van der Waals surface area contributed by atoms with E-state index in [9.17, 15) is 4.79 Å². The maximum Gasteiger partial charge on any atom is 0.247 e. The van der Waals surface area contributed by atoms with Crippen LogP contribution in [0.25, 0.3) is 33.2 Å². The number of amides is 1. The Hall–Kier alpha value is -4.46. The molecule has 0 fully saturated rings. The van der Waals surface area contributed by atoms with Gasteiger partial charge in [-0.1, -0.05) is 24.8 Å². The molecule has 8 nitrogen and oxygen atoms in total. The van der Waals surface area contributed by atoms with Gasteiger partial charge in [-0.15, -0.1) is 0 Å². The third-order valence-corrected chi connectivity index (χ3v) is 4.62. The van der Waals surface area contributed by atoms with E-state index in [1.54, 1.807) is 36.7 Å². The van der Waals surface area contributed by atoms with Gasteiger partial charge < -0.3 is 15.0 Å². The molecule has 2 aromatic carbocycles. The average molecular weight is 396 g/mol. The number of H-pyrrole nitrogens is 2. The van der Waals surface area contributed by atoms with E-state index in [4.69, 9.17) is 4.74 Å². The molecular weight excluding hydrogens is 380 g/mol. The van der Waals surface area contributed by atoms with Crippen LogP contribution in [-0.4, -0.2) is 31.1 Å². The molecule has 0 aliphatic rings. The van der Waals surface area contributed by atoms with Crippen molar-refractivity contribution in [3.8, 4) is 22.8 Å². The second-order valence-corrected chi connectivity index (χ2v) is 6.60. The molecular formula is C22H16N6O2. The van der Waals surface area contributed by atoms with Crippen molar-refractivity contribution >= 4 is 33.7 Å². The van der Waals surface area contributed by atoms with E-state index >= 15 is 0 Å². The molecule has 0 spiro atoms. The van der Waals surface area contributed by atoms with Gasteiger partial charge in [0.05, 0.1) is 17.9 Å². The van der Waals surface area contributed by atoms with E-state index in [-0.39, 0.29) is 5.91 Å². The highest BCUT2D eigenvalue weighted by molar-refractivity contribution is 5.99. The van der Waals surface area contributed by atoms with Gasteiger partial charge >= 0.3 is 0 Å². The molecule has 3 aromatic heterocycles. The van der Waals surface area contributed by atoms with Gasteiger partial charge in [0.15, 0.2) is 5.65 Å². The lowest BCUT2D eigenvalue weighted by Crippen LogP contribution is -2.07. The zero-order valence-electron chi connectivity index (χ0n) is 15.7. The topological polar surface area (TPSA) is 109 Å². The Morgan fingerprint density at radius 3 is 3.00 bits per heavy atom. The Morgan fingerprint density at radius 2 is 2.10 bits per heavy atom. The summed E-state index contributed by atoms with van der Waals surface area (Å²) in [5, 5.41) is 10.8. The number of ether oxygens (including phenoxy) is 1. The van der Waals surface area contributed by atoms with Gasteiger partial charge in [-0.25, -0.2) is 9.97 Å². The van der Waals surface area contributed by atoms with Crippen LogP contribution in [0.1, 0.15) is 0 Å². The minimum Gasteiger partial charge on any atom is -0.437 e. The molecule has 0 radical (unpaired) electrons. The standard InChI is InChI=1S/C22H16N6O2/c1-2-19(29)26-15-4-3-5-16(9-15)30-20-12-24-22-21(27-20)17(11-23-22)13-6-7-14-10-25-28-18(14)8-13/h2-12H,1H2,(H,23,24)(H,25,28)(H,26,29). The van der Waals surface area contributed by atoms with Gasteiger partial charge in [0.1, 0.15) is 11.3 Å². The van der Waals surface area contributed by atoms with Crippen molar-refractivity contribution in [1.82, 2.24) is 25.1 Å². The number of nitrogens with one attached hydrogen (secondary N) is 3. The summed E-state index contributed by atoms with van der Waals surface area (Å²) in [5.74, 6) is 0.583. The maximum atomic E-state index is 11.5. The van der Waals surface area contributed by atoms with Crippen molar-refractivity contribution in [2.75, 3.05) is 5.32 Å². The predicted molar refractivity (Wildman–Crippen MR) is 114 cm³/mol. The number of aromatic amines is 2. The zero-order valence-corrected chi connectivity index (χ0v) is 15.7. The fourth-order valence-corrected chi connectivity index (χ4v) is 3.20. The Labute approximate surface area is 170 Å². The highest BCUT2D eigenvalue weighted by atomic mass is 16.5. The number of hydrogen-bond donors (Lipinski definition) is 3. The number of anilines is 1. The largest absolute Gasteiger partial charge is 0.437 e. The zero-order chi connectivity index (χ0) is 20.5. The minimum atomic E-state index is -0.292. The predicted octanol–water partition coefficient (Wildman–Crippen LogP) is 4.42. The Balaban J connectivity index is 1.48. The number of nitrogens with zero attached hydrogens (tertiary/aromatic N) is 3. The quantitative estimate of drug-likeness (QED) is 0.381. The van der Waals surface area contributed by atoms with E-state index in [1.165, 1.54) is 6.08 Å². The summed E-state index contributed by atoms with van der Waals surface area (Å²) < 4.78 is 5.88.